The van der Waals surface area contributed by atoms with Gasteiger partial charge in [-0.2, -0.15) is 4.98 Å². The van der Waals surface area contributed by atoms with Crippen molar-refractivity contribution in [1.29, 1.82) is 0 Å². The second kappa shape index (κ2) is 4.51. The lowest BCUT2D eigenvalue weighted by Crippen LogP contribution is -2.16. The Morgan fingerprint density at radius 3 is 2.94 bits per heavy atom. The Balaban J connectivity index is 1.57. The normalized spacial score (nSPS) is 25.9. The summed E-state index contributed by atoms with van der Waals surface area (Å²) < 4.78 is 10.8. The number of ether oxygens (including phenoxy) is 1. The fourth-order valence-corrected chi connectivity index (χ4v) is 1.93. The number of nitrogens with zero attached hydrogens (tertiary/aromatic N) is 2. The van der Waals surface area contributed by atoms with Crippen molar-refractivity contribution in [3.05, 3.63) is 11.7 Å². The Labute approximate surface area is 94.6 Å². The van der Waals surface area contributed by atoms with Crippen molar-refractivity contribution in [2.24, 2.45) is 0 Å². The van der Waals surface area contributed by atoms with Crippen LogP contribution in [0.2, 0.25) is 0 Å². The molecule has 2 heterocycles. The number of hydrogen-bond acceptors (Lipinski definition) is 5. The van der Waals surface area contributed by atoms with E-state index >= 15 is 0 Å². The number of hydrogen-bond donors (Lipinski definition) is 1. The van der Waals surface area contributed by atoms with Crippen LogP contribution >= 0.6 is 0 Å². The molecule has 0 bridgehead atoms. The lowest BCUT2D eigenvalue weighted by atomic mass is 10.1. The zero-order valence-corrected chi connectivity index (χ0v) is 9.32. The van der Waals surface area contributed by atoms with E-state index in [9.17, 15) is 0 Å². The summed E-state index contributed by atoms with van der Waals surface area (Å²) in [5.74, 6) is 1.39. The molecule has 1 aliphatic heterocycles. The third kappa shape index (κ3) is 2.41. The molecule has 1 aromatic rings. The van der Waals surface area contributed by atoms with Crippen molar-refractivity contribution in [2.45, 2.75) is 50.8 Å². The van der Waals surface area contributed by atoms with Crippen LogP contribution < -0.4 is 5.32 Å². The Morgan fingerprint density at radius 2 is 2.19 bits per heavy atom. The van der Waals surface area contributed by atoms with Gasteiger partial charge in [0.25, 0.3) is 5.89 Å². The predicted molar refractivity (Wildman–Crippen MR) is 56.7 cm³/mol. The van der Waals surface area contributed by atoms with Crippen LogP contribution in [0.5, 0.6) is 0 Å². The van der Waals surface area contributed by atoms with E-state index in [4.69, 9.17) is 9.26 Å². The maximum Gasteiger partial charge on any atom is 0.255 e. The number of nitrogens with one attached hydrogen (secondary N) is 1. The molecule has 0 spiro atoms. The van der Waals surface area contributed by atoms with Gasteiger partial charge in [-0.3, -0.25) is 0 Å². The highest BCUT2D eigenvalue weighted by atomic mass is 16.5. The molecule has 5 nitrogen and oxygen atoms in total. The molecule has 2 aliphatic rings. The Hall–Kier alpha value is -0.940. The Morgan fingerprint density at radius 1 is 1.25 bits per heavy atom. The van der Waals surface area contributed by atoms with Crippen LogP contribution in [0, 0.1) is 0 Å². The van der Waals surface area contributed by atoms with Crippen molar-refractivity contribution in [3.8, 4) is 0 Å². The average molecular weight is 223 g/mol. The van der Waals surface area contributed by atoms with Gasteiger partial charge in [0.1, 0.15) is 6.10 Å². The molecule has 1 unspecified atom stereocenters. The molecule has 0 aromatic carbocycles. The largest absolute Gasteiger partial charge is 0.368 e. The van der Waals surface area contributed by atoms with Crippen LogP contribution in [0.25, 0.3) is 0 Å². The first kappa shape index (κ1) is 10.2. The van der Waals surface area contributed by atoms with Gasteiger partial charge in [0.15, 0.2) is 5.82 Å². The summed E-state index contributed by atoms with van der Waals surface area (Å²) in [7, 11) is 0. The van der Waals surface area contributed by atoms with Gasteiger partial charge in [-0.05, 0) is 32.1 Å². The Bertz CT molecular complexity index is 343. The molecule has 88 valence electrons. The van der Waals surface area contributed by atoms with Gasteiger partial charge in [-0.15, -0.1) is 0 Å². The minimum absolute atomic E-state index is 0.0240. The quantitative estimate of drug-likeness (QED) is 0.839. The first-order chi connectivity index (χ1) is 7.92. The summed E-state index contributed by atoms with van der Waals surface area (Å²) in [6, 6.07) is 0.674. The standard InChI is InChI=1S/C11H17N3O2/c1-2-6-15-9(3-1)11-13-10(14-16-11)7-12-8-4-5-8/h8-9,12H,1-7H2. The van der Waals surface area contributed by atoms with Crippen molar-refractivity contribution in [2.75, 3.05) is 6.61 Å². The van der Waals surface area contributed by atoms with Crippen molar-refractivity contribution >= 4 is 0 Å². The minimum atomic E-state index is 0.0240. The Kier molecular flexibility index (Phi) is 2.88. The van der Waals surface area contributed by atoms with E-state index in [2.05, 4.69) is 15.5 Å². The minimum Gasteiger partial charge on any atom is -0.368 e. The SMILES string of the molecule is C1CCC(c2nc(CNC3CC3)no2)OC1. The molecular formula is C11H17N3O2. The highest BCUT2D eigenvalue weighted by Gasteiger charge is 2.24. The first-order valence-corrected chi connectivity index (χ1v) is 6.09. The molecule has 1 saturated carbocycles. The molecule has 5 heteroatoms. The number of aromatic nitrogens is 2. The van der Waals surface area contributed by atoms with Gasteiger partial charge in [0.05, 0.1) is 6.54 Å². The topological polar surface area (TPSA) is 60.2 Å². The summed E-state index contributed by atoms with van der Waals surface area (Å²) in [5, 5.41) is 7.33. The molecule has 1 atom stereocenters. The summed E-state index contributed by atoms with van der Waals surface area (Å²) >= 11 is 0. The van der Waals surface area contributed by atoms with Crippen LogP contribution in [0.3, 0.4) is 0 Å². The lowest BCUT2D eigenvalue weighted by Gasteiger charge is -2.18. The zero-order valence-electron chi connectivity index (χ0n) is 9.32. The molecular weight excluding hydrogens is 206 g/mol. The van der Waals surface area contributed by atoms with E-state index in [0.717, 1.165) is 25.3 Å². The third-order valence-corrected chi connectivity index (χ3v) is 3.07. The molecule has 1 saturated heterocycles. The van der Waals surface area contributed by atoms with E-state index in [0.29, 0.717) is 18.5 Å². The summed E-state index contributed by atoms with van der Waals surface area (Å²) in [6.45, 7) is 1.52. The summed E-state index contributed by atoms with van der Waals surface area (Å²) in [5.41, 5.74) is 0. The molecule has 3 rings (SSSR count). The molecule has 1 aromatic heterocycles. The fraction of sp³-hybridized carbons (Fsp3) is 0.818. The van der Waals surface area contributed by atoms with Gasteiger partial charge in [0, 0.05) is 12.6 Å². The fourth-order valence-electron chi connectivity index (χ4n) is 1.93. The molecule has 0 amide bonds. The van der Waals surface area contributed by atoms with Gasteiger partial charge in [-0.25, -0.2) is 0 Å². The molecule has 1 aliphatic carbocycles. The van der Waals surface area contributed by atoms with Crippen molar-refractivity contribution in [1.82, 2.24) is 15.5 Å². The van der Waals surface area contributed by atoms with E-state index in [1.165, 1.54) is 19.3 Å². The van der Waals surface area contributed by atoms with Crippen LogP contribution in [-0.2, 0) is 11.3 Å². The van der Waals surface area contributed by atoms with Gasteiger partial charge in [-0.1, -0.05) is 5.16 Å². The maximum atomic E-state index is 5.60. The second-order valence-corrected chi connectivity index (χ2v) is 4.56. The summed E-state index contributed by atoms with van der Waals surface area (Å²) in [4.78, 5) is 4.37. The van der Waals surface area contributed by atoms with Crippen molar-refractivity contribution < 1.29 is 9.26 Å². The molecule has 0 radical (unpaired) electrons. The van der Waals surface area contributed by atoms with Crippen LogP contribution in [0.15, 0.2) is 4.52 Å². The van der Waals surface area contributed by atoms with Crippen molar-refractivity contribution in [3.63, 3.8) is 0 Å². The highest BCUT2D eigenvalue weighted by molar-refractivity contribution is 4.92. The lowest BCUT2D eigenvalue weighted by molar-refractivity contribution is -0.00459. The van der Waals surface area contributed by atoms with E-state index in [1.54, 1.807) is 0 Å². The molecule has 16 heavy (non-hydrogen) atoms. The third-order valence-electron chi connectivity index (χ3n) is 3.07. The molecule has 2 fully saturated rings. The first-order valence-electron chi connectivity index (χ1n) is 6.09. The maximum absolute atomic E-state index is 5.60. The highest BCUT2D eigenvalue weighted by Crippen LogP contribution is 2.26. The average Bonchev–Trinajstić information content (AvgIpc) is 3.05. The molecule has 1 N–H and O–H groups in total. The predicted octanol–water partition coefficient (Wildman–Crippen LogP) is 1.56. The van der Waals surface area contributed by atoms with Crippen LogP contribution in [-0.4, -0.2) is 22.8 Å². The van der Waals surface area contributed by atoms with Gasteiger partial charge in [0.2, 0.25) is 0 Å². The second-order valence-electron chi connectivity index (χ2n) is 4.56. The zero-order chi connectivity index (χ0) is 10.8. The van der Waals surface area contributed by atoms with Crippen LogP contribution in [0.1, 0.15) is 49.9 Å². The smallest absolute Gasteiger partial charge is 0.255 e. The summed E-state index contributed by atoms with van der Waals surface area (Å²) in [6.07, 6.45) is 5.89. The van der Waals surface area contributed by atoms with E-state index in [-0.39, 0.29) is 6.10 Å². The van der Waals surface area contributed by atoms with Gasteiger partial charge >= 0.3 is 0 Å². The van der Waals surface area contributed by atoms with Crippen LogP contribution in [0.4, 0.5) is 0 Å². The van der Waals surface area contributed by atoms with Gasteiger partial charge < -0.3 is 14.6 Å². The monoisotopic (exact) mass is 223 g/mol. The number of rotatable bonds is 4. The van der Waals surface area contributed by atoms with E-state index in [1.807, 2.05) is 0 Å². The van der Waals surface area contributed by atoms with E-state index < -0.39 is 0 Å².